The molecule has 2 aromatic carbocycles. The average Bonchev–Trinajstić information content (AvgIpc) is 3.41. The normalized spacial score (nSPS) is 16.7. The summed E-state index contributed by atoms with van der Waals surface area (Å²) in [5.74, 6) is 0.578. The third kappa shape index (κ3) is 9.44. The van der Waals surface area contributed by atoms with E-state index in [4.69, 9.17) is 14.2 Å². The van der Waals surface area contributed by atoms with Crippen molar-refractivity contribution in [1.82, 2.24) is 5.32 Å². The molecule has 0 spiro atoms. The van der Waals surface area contributed by atoms with Gasteiger partial charge in [0.25, 0.3) is 5.91 Å². The molecule has 1 aliphatic heterocycles. The highest BCUT2D eigenvalue weighted by atomic mass is 16.5. The van der Waals surface area contributed by atoms with E-state index in [-0.39, 0.29) is 5.91 Å². The lowest BCUT2D eigenvalue weighted by molar-refractivity contribution is -0.117. The predicted molar refractivity (Wildman–Crippen MR) is 140 cm³/mol. The molecule has 2 unspecified atom stereocenters. The van der Waals surface area contributed by atoms with Crippen LogP contribution in [0.25, 0.3) is 0 Å². The molecule has 2 atom stereocenters. The number of carbonyl (C=O) groups excluding carboxylic acids is 1. The molecular formula is C30H39NO4. The van der Waals surface area contributed by atoms with Crippen molar-refractivity contribution in [3.8, 4) is 0 Å². The fourth-order valence-electron chi connectivity index (χ4n) is 3.93. The van der Waals surface area contributed by atoms with Crippen LogP contribution in [0.1, 0.15) is 43.4 Å². The summed E-state index contributed by atoms with van der Waals surface area (Å²) in [6, 6.07) is 18.5. The second kappa shape index (κ2) is 14.6. The van der Waals surface area contributed by atoms with Gasteiger partial charge >= 0.3 is 0 Å². The van der Waals surface area contributed by atoms with E-state index in [0.717, 1.165) is 42.8 Å². The van der Waals surface area contributed by atoms with Gasteiger partial charge in [-0.05, 0) is 47.1 Å². The number of ether oxygens (including phenoxy) is 3. The SMILES string of the molecule is C=C(/C=C(/COCc1cccc(COCc2ccccc2)c1)C(C)CC)C(=O)NCC1CCOC1. The van der Waals surface area contributed by atoms with Crippen LogP contribution in [0.15, 0.2) is 78.4 Å². The molecule has 5 nitrogen and oxygen atoms in total. The topological polar surface area (TPSA) is 56.8 Å². The monoisotopic (exact) mass is 477 g/mol. The average molecular weight is 478 g/mol. The first-order valence-electron chi connectivity index (χ1n) is 12.6. The standard InChI is InChI=1S/C30H39NO4/c1-4-23(2)29(15-24(3)30(32)31-17-28-13-14-33-21-28)22-35-20-27-12-8-11-26(16-27)19-34-18-25-9-6-5-7-10-25/h5-12,15-16,23,28H,3-4,13-14,17-22H2,1-2H3,(H,31,32)/b29-15-. The second-order valence-corrected chi connectivity index (χ2v) is 9.28. The van der Waals surface area contributed by atoms with Crippen molar-refractivity contribution < 1.29 is 19.0 Å². The minimum absolute atomic E-state index is 0.124. The Morgan fingerprint density at radius 1 is 1.09 bits per heavy atom. The van der Waals surface area contributed by atoms with Crippen LogP contribution in [0, 0.1) is 11.8 Å². The largest absolute Gasteiger partial charge is 0.381 e. The van der Waals surface area contributed by atoms with Gasteiger partial charge in [-0.1, -0.05) is 75.0 Å². The van der Waals surface area contributed by atoms with Crippen molar-refractivity contribution >= 4 is 5.91 Å². The molecule has 0 saturated carbocycles. The quantitative estimate of drug-likeness (QED) is 0.284. The Hall–Kier alpha value is -2.73. The number of hydrogen-bond donors (Lipinski definition) is 1. The van der Waals surface area contributed by atoms with Crippen LogP contribution in [0.3, 0.4) is 0 Å². The van der Waals surface area contributed by atoms with Gasteiger partial charge in [0.05, 0.1) is 33.0 Å². The molecule has 0 aromatic heterocycles. The Bertz CT molecular complexity index is 963. The minimum atomic E-state index is -0.124. The number of hydrogen-bond acceptors (Lipinski definition) is 4. The Labute approximate surface area is 210 Å². The van der Waals surface area contributed by atoms with Gasteiger partial charge < -0.3 is 19.5 Å². The van der Waals surface area contributed by atoms with E-state index in [1.54, 1.807) is 0 Å². The third-order valence-corrected chi connectivity index (χ3v) is 6.38. The first-order chi connectivity index (χ1) is 17.0. The number of nitrogens with one attached hydrogen (secondary N) is 1. The van der Waals surface area contributed by atoms with E-state index >= 15 is 0 Å². The zero-order valence-electron chi connectivity index (χ0n) is 21.1. The zero-order chi connectivity index (χ0) is 24.9. The van der Waals surface area contributed by atoms with Crippen LogP contribution in [-0.2, 0) is 38.8 Å². The lowest BCUT2D eigenvalue weighted by Gasteiger charge is -2.16. The maximum atomic E-state index is 12.5. The summed E-state index contributed by atoms with van der Waals surface area (Å²) in [4.78, 5) is 12.5. The Morgan fingerprint density at radius 2 is 1.77 bits per heavy atom. The molecule has 188 valence electrons. The molecule has 0 aliphatic carbocycles. The zero-order valence-corrected chi connectivity index (χ0v) is 21.1. The number of carbonyl (C=O) groups is 1. The Kier molecular flexibility index (Phi) is 11.2. The molecule has 1 heterocycles. The number of benzene rings is 2. The van der Waals surface area contributed by atoms with Gasteiger partial charge in [0.2, 0.25) is 0 Å². The summed E-state index contributed by atoms with van der Waals surface area (Å²) in [7, 11) is 0. The Morgan fingerprint density at radius 3 is 2.46 bits per heavy atom. The van der Waals surface area contributed by atoms with Crippen LogP contribution in [0.2, 0.25) is 0 Å². The van der Waals surface area contributed by atoms with Gasteiger partial charge in [0, 0.05) is 24.6 Å². The van der Waals surface area contributed by atoms with Crippen LogP contribution in [0.5, 0.6) is 0 Å². The van der Waals surface area contributed by atoms with Crippen molar-refractivity contribution in [2.45, 2.75) is 46.5 Å². The first kappa shape index (κ1) is 26.9. The molecule has 35 heavy (non-hydrogen) atoms. The predicted octanol–water partition coefficient (Wildman–Crippen LogP) is 5.60. The summed E-state index contributed by atoms with van der Waals surface area (Å²) in [6.07, 6.45) is 3.86. The molecule has 3 rings (SSSR count). The lowest BCUT2D eigenvalue weighted by Crippen LogP contribution is -2.30. The molecule has 2 aromatic rings. The molecule has 1 saturated heterocycles. The third-order valence-electron chi connectivity index (χ3n) is 6.38. The molecule has 1 aliphatic rings. The van der Waals surface area contributed by atoms with E-state index < -0.39 is 0 Å². The van der Waals surface area contributed by atoms with Gasteiger partial charge in [-0.3, -0.25) is 4.79 Å². The van der Waals surface area contributed by atoms with E-state index in [0.29, 0.717) is 50.4 Å². The van der Waals surface area contributed by atoms with Crippen molar-refractivity contribution in [3.05, 3.63) is 95.1 Å². The van der Waals surface area contributed by atoms with E-state index in [1.165, 1.54) is 5.56 Å². The summed E-state index contributed by atoms with van der Waals surface area (Å²) in [5, 5.41) is 2.99. The van der Waals surface area contributed by atoms with E-state index in [9.17, 15) is 4.79 Å². The fourth-order valence-corrected chi connectivity index (χ4v) is 3.93. The molecule has 0 radical (unpaired) electrons. The van der Waals surface area contributed by atoms with Gasteiger partial charge in [-0.25, -0.2) is 0 Å². The molecule has 1 N–H and O–H groups in total. The van der Waals surface area contributed by atoms with E-state index in [2.05, 4.69) is 56.1 Å². The van der Waals surface area contributed by atoms with E-state index in [1.807, 2.05) is 30.3 Å². The van der Waals surface area contributed by atoms with Crippen LogP contribution >= 0.6 is 0 Å². The minimum Gasteiger partial charge on any atom is -0.381 e. The summed E-state index contributed by atoms with van der Waals surface area (Å²) >= 11 is 0. The van der Waals surface area contributed by atoms with Crippen LogP contribution in [0.4, 0.5) is 0 Å². The molecular weight excluding hydrogens is 438 g/mol. The highest BCUT2D eigenvalue weighted by Gasteiger charge is 2.17. The molecule has 0 bridgehead atoms. The maximum absolute atomic E-state index is 12.5. The summed E-state index contributed by atoms with van der Waals surface area (Å²) in [6.45, 7) is 12.5. The van der Waals surface area contributed by atoms with Gasteiger partial charge in [-0.2, -0.15) is 0 Å². The number of amides is 1. The lowest BCUT2D eigenvalue weighted by atomic mass is 9.97. The van der Waals surface area contributed by atoms with Crippen molar-refractivity contribution in [2.75, 3.05) is 26.4 Å². The highest BCUT2D eigenvalue weighted by Crippen LogP contribution is 2.18. The fraction of sp³-hybridized carbons (Fsp3) is 0.433. The molecule has 5 heteroatoms. The van der Waals surface area contributed by atoms with Crippen LogP contribution in [-0.4, -0.2) is 32.3 Å². The van der Waals surface area contributed by atoms with Crippen molar-refractivity contribution in [3.63, 3.8) is 0 Å². The second-order valence-electron chi connectivity index (χ2n) is 9.28. The molecule has 1 amide bonds. The van der Waals surface area contributed by atoms with Gasteiger partial charge in [0.1, 0.15) is 0 Å². The van der Waals surface area contributed by atoms with Crippen molar-refractivity contribution in [1.29, 1.82) is 0 Å². The molecule has 1 fully saturated rings. The summed E-state index contributed by atoms with van der Waals surface area (Å²) in [5.41, 5.74) is 4.95. The first-order valence-corrected chi connectivity index (χ1v) is 12.6. The smallest absolute Gasteiger partial charge is 0.250 e. The van der Waals surface area contributed by atoms with Gasteiger partial charge in [0.15, 0.2) is 0 Å². The number of rotatable bonds is 14. The Balaban J connectivity index is 1.47. The summed E-state index contributed by atoms with van der Waals surface area (Å²) < 4.78 is 17.3. The highest BCUT2D eigenvalue weighted by molar-refractivity contribution is 5.95. The van der Waals surface area contributed by atoms with Crippen molar-refractivity contribution in [2.24, 2.45) is 11.8 Å². The maximum Gasteiger partial charge on any atom is 0.250 e. The van der Waals surface area contributed by atoms with Gasteiger partial charge in [-0.15, -0.1) is 0 Å². The van der Waals surface area contributed by atoms with Crippen LogP contribution < -0.4 is 5.32 Å².